The zero-order chi connectivity index (χ0) is 19.9. The molecular formula is C22H30Cl2N2O2. The van der Waals surface area contributed by atoms with E-state index < -0.39 is 6.04 Å². The van der Waals surface area contributed by atoms with Gasteiger partial charge in [0.05, 0.1) is 0 Å². The Balaban J connectivity index is 1.89. The van der Waals surface area contributed by atoms with Gasteiger partial charge >= 0.3 is 0 Å². The van der Waals surface area contributed by atoms with Gasteiger partial charge in [0, 0.05) is 17.1 Å². The predicted octanol–water partition coefficient (Wildman–Crippen LogP) is 5.23. The molecule has 0 bridgehead atoms. The van der Waals surface area contributed by atoms with Crippen LogP contribution in [-0.2, 0) is 9.59 Å². The van der Waals surface area contributed by atoms with Crippen LogP contribution in [0, 0.1) is 0 Å². The van der Waals surface area contributed by atoms with Gasteiger partial charge in [-0.1, -0.05) is 62.3 Å². The van der Waals surface area contributed by atoms with Gasteiger partial charge in [-0.05, 0) is 43.4 Å². The smallest absolute Gasteiger partial charge is 0.247 e. The third-order valence-corrected chi connectivity index (χ3v) is 6.51. The molecule has 1 N–H and O–H groups in total. The van der Waals surface area contributed by atoms with Gasteiger partial charge in [-0.2, -0.15) is 0 Å². The van der Waals surface area contributed by atoms with Crippen molar-refractivity contribution in [3.8, 4) is 0 Å². The number of alkyl halides is 1. The summed E-state index contributed by atoms with van der Waals surface area (Å²) in [5.41, 5.74) is 0.792. The van der Waals surface area contributed by atoms with E-state index in [-0.39, 0.29) is 29.8 Å². The van der Waals surface area contributed by atoms with Crippen molar-refractivity contribution in [1.29, 1.82) is 0 Å². The number of benzene rings is 1. The van der Waals surface area contributed by atoms with Gasteiger partial charge in [0.2, 0.25) is 11.8 Å². The lowest BCUT2D eigenvalue weighted by atomic mass is 10.00. The molecule has 1 unspecified atom stereocenters. The standard InChI is InChI=1S/C22H30Cl2N2O2/c23-15-20(27)26(19-9-5-6-10-19)21(16-11-13-17(24)14-12-16)22(28)25-18-7-3-1-2-4-8-18/h11-14,18-19,21H,1-10,15H2,(H,25,28). The van der Waals surface area contributed by atoms with Crippen LogP contribution in [0.15, 0.2) is 24.3 Å². The van der Waals surface area contributed by atoms with E-state index in [1.807, 2.05) is 12.1 Å². The summed E-state index contributed by atoms with van der Waals surface area (Å²) in [7, 11) is 0. The molecule has 1 atom stereocenters. The fourth-order valence-electron chi connectivity index (χ4n) is 4.60. The van der Waals surface area contributed by atoms with Crippen molar-refractivity contribution in [1.82, 2.24) is 10.2 Å². The number of nitrogens with zero attached hydrogens (tertiary/aromatic N) is 1. The summed E-state index contributed by atoms with van der Waals surface area (Å²) in [6.07, 6.45) is 10.7. The highest BCUT2D eigenvalue weighted by Gasteiger charge is 2.37. The van der Waals surface area contributed by atoms with Crippen LogP contribution < -0.4 is 5.32 Å². The van der Waals surface area contributed by atoms with E-state index in [1.165, 1.54) is 12.8 Å². The molecule has 154 valence electrons. The second kappa shape index (κ2) is 10.5. The predicted molar refractivity (Wildman–Crippen MR) is 114 cm³/mol. The van der Waals surface area contributed by atoms with Crippen LogP contribution in [0.2, 0.25) is 5.02 Å². The fraction of sp³-hybridized carbons (Fsp3) is 0.636. The number of hydrogen-bond donors (Lipinski definition) is 1. The molecule has 0 aromatic heterocycles. The van der Waals surface area contributed by atoms with E-state index >= 15 is 0 Å². The Hall–Kier alpha value is -1.26. The lowest BCUT2D eigenvalue weighted by Crippen LogP contribution is -2.50. The Morgan fingerprint density at radius 2 is 1.54 bits per heavy atom. The van der Waals surface area contributed by atoms with Gasteiger partial charge in [-0.15, -0.1) is 11.6 Å². The maximum Gasteiger partial charge on any atom is 0.247 e. The van der Waals surface area contributed by atoms with E-state index in [9.17, 15) is 9.59 Å². The first kappa shape index (κ1) is 21.4. The summed E-state index contributed by atoms with van der Waals surface area (Å²) in [5.74, 6) is -0.388. The molecule has 28 heavy (non-hydrogen) atoms. The van der Waals surface area contributed by atoms with Gasteiger partial charge in [0.1, 0.15) is 11.9 Å². The van der Waals surface area contributed by atoms with Crippen molar-refractivity contribution in [2.24, 2.45) is 0 Å². The number of halogens is 2. The summed E-state index contributed by atoms with van der Waals surface area (Å²) < 4.78 is 0. The second-order valence-corrected chi connectivity index (χ2v) is 8.73. The van der Waals surface area contributed by atoms with Crippen LogP contribution in [0.3, 0.4) is 0 Å². The van der Waals surface area contributed by atoms with Gasteiger partial charge in [-0.25, -0.2) is 0 Å². The van der Waals surface area contributed by atoms with Crippen LogP contribution in [0.4, 0.5) is 0 Å². The Kier molecular flexibility index (Phi) is 8.04. The molecule has 0 spiro atoms. The molecule has 1 aromatic rings. The third-order valence-electron chi connectivity index (χ3n) is 6.03. The molecule has 0 heterocycles. The molecule has 2 fully saturated rings. The SMILES string of the molecule is O=C(NC1CCCCCC1)C(c1ccc(Cl)cc1)N(C(=O)CCl)C1CCCC1. The fourth-order valence-corrected chi connectivity index (χ4v) is 4.86. The molecule has 0 radical (unpaired) electrons. The zero-order valence-electron chi connectivity index (χ0n) is 16.3. The Morgan fingerprint density at radius 1 is 0.964 bits per heavy atom. The molecule has 0 aliphatic heterocycles. The maximum atomic E-state index is 13.4. The van der Waals surface area contributed by atoms with E-state index in [1.54, 1.807) is 17.0 Å². The largest absolute Gasteiger partial charge is 0.351 e. The molecule has 4 nitrogen and oxygen atoms in total. The average molecular weight is 425 g/mol. The van der Waals surface area contributed by atoms with Crippen LogP contribution in [0.1, 0.15) is 75.8 Å². The highest BCUT2D eigenvalue weighted by molar-refractivity contribution is 6.30. The van der Waals surface area contributed by atoms with Gasteiger partial charge in [0.15, 0.2) is 0 Å². The van der Waals surface area contributed by atoms with Crippen molar-refractivity contribution < 1.29 is 9.59 Å². The maximum absolute atomic E-state index is 13.4. The van der Waals surface area contributed by atoms with Crippen LogP contribution in [0.25, 0.3) is 0 Å². The Bertz CT molecular complexity index is 651. The molecule has 3 rings (SSSR count). The third kappa shape index (κ3) is 5.42. The normalized spacial score (nSPS) is 19.8. The molecule has 2 aliphatic carbocycles. The van der Waals surface area contributed by atoms with Crippen molar-refractivity contribution in [2.45, 2.75) is 82.3 Å². The Morgan fingerprint density at radius 3 is 2.11 bits per heavy atom. The number of rotatable bonds is 6. The minimum atomic E-state index is -0.658. The summed E-state index contributed by atoms with van der Waals surface area (Å²) in [5, 5.41) is 3.86. The van der Waals surface area contributed by atoms with Gasteiger partial charge in [-0.3, -0.25) is 9.59 Å². The number of nitrogens with one attached hydrogen (secondary N) is 1. The Labute approximate surface area is 177 Å². The van der Waals surface area contributed by atoms with E-state index in [0.29, 0.717) is 5.02 Å². The lowest BCUT2D eigenvalue weighted by molar-refractivity contribution is -0.142. The molecule has 2 amide bonds. The van der Waals surface area contributed by atoms with Gasteiger partial charge < -0.3 is 10.2 Å². The van der Waals surface area contributed by atoms with Crippen molar-refractivity contribution in [2.75, 3.05) is 5.88 Å². The minimum absolute atomic E-state index is 0.0619. The number of amides is 2. The average Bonchev–Trinajstić information content (AvgIpc) is 3.10. The molecule has 2 saturated carbocycles. The first-order chi connectivity index (χ1) is 13.6. The quantitative estimate of drug-likeness (QED) is 0.501. The van der Waals surface area contributed by atoms with Crippen molar-refractivity contribution in [3.63, 3.8) is 0 Å². The number of carbonyl (C=O) groups excluding carboxylic acids is 2. The first-order valence-electron chi connectivity index (χ1n) is 10.5. The topological polar surface area (TPSA) is 49.4 Å². The molecular weight excluding hydrogens is 395 g/mol. The van der Waals surface area contributed by atoms with E-state index in [2.05, 4.69) is 5.32 Å². The first-order valence-corrected chi connectivity index (χ1v) is 11.4. The molecule has 1 aromatic carbocycles. The monoisotopic (exact) mass is 424 g/mol. The molecule has 6 heteroatoms. The van der Waals surface area contributed by atoms with Crippen LogP contribution >= 0.6 is 23.2 Å². The summed E-state index contributed by atoms with van der Waals surface area (Å²) in [6.45, 7) is 0. The summed E-state index contributed by atoms with van der Waals surface area (Å²) in [6, 6.07) is 6.84. The lowest BCUT2D eigenvalue weighted by Gasteiger charge is -2.36. The van der Waals surface area contributed by atoms with Crippen LogP contribution in [0.5, 0.6) is 0 Å². The highest BCUT2D eigenvalue weighted by atomic mass is 35.5. The summed E-state index contributed by atoms with van der Waals surface area (Å²) >= 11 is 12.0. The van der Waals surface area contributed by atoms with Crippen molar-refractivity contribution >= 4 is 35.0 Å². The molecule has 2 aliphatic rings. The van der Waals surface area contributed by atoms with Crippen LogP contribution in [-0.4, -0.2) is 34.7 Å². The van der Waals surface area contributed by atoms with Gasteiger partial charge in [0.25, 0.3) is 0 Å². The zero-order valence-corrected chi connectivity index (χ0v) is 17.9. The van der Waals surface area contributed by atoms with E-state index in [4.69, 9.17) is 23.2 Å². The van der Waals surface area contributed by atoms with Crippen molar-refractivity contribution in [3.05, 3.63) is 34.9 Å². The minimum Gasteiger partial charge on any atom is -0.351 e. The number of hydrogen-bond acceptors (Lipinski definition) is 2. The second-order valence-electron chi connectivity index (χ2n) is 8.02. The van der Waals surface area contributed by atoms with E-state index in [0.717, 1.165) is 56.9 Å². The summed E-state index contributed by atoms with van der Waals surface area (Å²) in [4.78, 5) is 28.0. The highest BCUT2D eigenvalue weighted by Crippen LogP contribution is 2.33. The molecule has 0 saturated heterocycles. The number of carbonyl (C=O) groups is 2.